The molecule has 0 aliphatic rings. The highest BCUT2D eigenvalue weighted by atomic mass is 32.2. The van der Waals surface area contributed by atoms with Crippen molar-refractivity contribution in [1.29, 1.82) is 0 Å². The van der Waals surface area contributed by atoms with Gasteiger partial charge in [-0.25, -0.2) is 20.0 Å². The van der Waals surface area contributed by atoms with Gasteiger partial charge in [-0.15, -0.1) is 5.01 Å². The van der Waals surface area contributed by atoms with Crippen molar-refractivity contribution in [1.82, 2.24) is 10.4 Å². The fourth-order valence-corrected chi connectivity index (χ4v) is 2.50. The summed E-state index contributed by atoms with van der Waals surface area (Å²) in [5, 5.41) is 1.22. The number of carbonyl (C=O) groups is 2. The third-order valence-electron chi connectivity index (χ3n) is 3.04. The first-order chi connectivity index (χ1) is 13.3. The second-order valence-electron chi connectivity index (χ2n) is 8.18. The van der Waals surface area contributed by atoms with Crippen LogP contribution in [0.1, 0.15) is 54.0 Å². The fourth-order valence-electron chi connectivity index (χ4n) is 2.03. The molecule has 0 heterocycles. The van der Waals surface area contributed by atoms with Gasteiger partial charge in [-0.05, 0) is 65.0 Å². The van der Waals surface area contributed by atoms with Gasteiger partial charge in [-0.3, -0.25) is 0 Å². The highest BCUT2D eigenvalue weighted by Crippen LogP contribution is 2.17. The summed E-state index contributed by atoms with van der Waals surface area (Å²) in [4.78, 5) is 29.3. The van der Waals surface area contributed by atoms with E-state index in [-0.39, 0.29) is 6.54 Å². The Hall–Kier alpha value is -2.26. The van der Waals surface area contributed by atoms with E-state index < -0.39 is 23.4 Å². The van der Waals surface area contributed by atoms with Gasteiger partial charge in [0.25, 0.3) is 0 Å². The standard InChI is InChI=1S/C20H32N4O4S/c1-8-29-16(21)23-15-11-9-10-14(12-15)13-22-24(17(25)27-19(2,3)4)18(26)28-20(5,6)7/h9-12,22H,8,13H2,1-7H3,(H2,21,23). The summed E-state index contributed by atoms with van der Waals surface area (Å²) >= 11 is 1.45. The van der Waals surface area contributed by atoms with Crippen LogP contribution in [0.25, 0.3) is 0 Å². The summed E-state index contributed by atoms with van der Waals surface area (Å²) < 4.78 is 10.6. The number of hydrogen-bond donors (Lipinski definition) is 2. The second kappa shape index (κ2) is 10.5. The number of amidine groups is 1. The SMILES string of the molecule is CCSC(N)=Nc1cccc(CNN(C(=O)OC(C)(C)C)C(=O)OC(C)(C)C)c1. The molecule has 0 aromatic heterocycles. The molecular weight excluding hydrogens is 392 g/mol. The van der Waals surface area contributed by atoms with Gasteiger partial charge in [-0.2, -0.15) is 0 Å². The number of hydrazine groups is 1. The monoisotopic (exact) mass is 424 g/mol. The van der Waals surface area contributed by atoms with Crippen molar-refractivity contribution < 1.29 is 19.1 Å². The lowest BCUT2D eigenvalue weighted by atomic mass is 10.2. The Morgan fingerprint density at radius 3 is 2.14 bits per heavy atom. The highest BCUT2D eigenvalue weighted by Gasteiger charge is 2.31. The van der Waals surface area contributed by atoms with E-state index in [0.29, 0.717) is 10.9 Å². The van der Waals surface area contributed by atoms with E-state index in [2.05, 4.69) is 10.4 Å². The second-order valence-corrected chi connectivity index (χ2v) is 9.47. The predicted molar refractivity (Wildman–Crippen MR) is 117 cm³/mol. The maximum atomic E-state index is 12.5. The minimum Gasteiger partial charge on any atom is -0.442 e. The molecule has 0 saturated heterocycles. The van der Waals surface area contributed by atoms with Gasteiger partial charge in [-0.1, -0.05) is 30.8 Å². The van der Waals surface area contributed by atoms with Crippen molar-refractivity contribution in [3.63, 3.8) is 0 Å². The van der Waals surface area contributed by atoms with Crippen LogP contribution in [0.4, 0.5) is 15.3 Å². The van der Waals surface area contributed by atoms with Gasteiger partial charge >= 0.3 is 12.2 Å². The molecule has 2 amide bonds. The van der Waals surface area contributed by atoms with Gasteiger partial charge in [0.2, 0.25) is 0 Å². The van der Waals surface area contributed by atoms with Crippen LogP contribution in [0.2, 0.25) is 0 Å². The Bertz CT molecular complexity index is 711. The number of thioether (sulfide) groups is 1. The molecular formula is C20H32N4O4S. The van der Waals surface area contributed by atoms with E-state index >= 15 is 0 Å². The molecule has 9 heteroatoms. The Labute approximate surface area is 177 Å². The summed E-state index contributed by atoms with van der Waals surface area (Å²) in [7, 11) is 0. The molecule has 8 nitrogen and oxygen atoms in total. The average molecular weight is 425 g/mol. The number of nitrogens with one attached hydrogen (secondary N) is 1. The van der Waals surface area contributed by atoms with Crippen molar-refractivity contribution >= 4 is 34.8 Å². The number of hydrogen-bond acceptors (Lipinski definition) is 7. The molecule has 0 aliphatic carbocycles. The summed E-state index contributed by atoms with van der Waals surface area (Å²) in [6.45, 7) is 12.5. The topological polar surface area (TPSA) is 106 Å². The minimum atomic E-state index is -0.843. The van der Waals surface area contributed by atoms with Crippen LogP contribution < -0.4 is 11.2 Å². The maximum Gasteiger partial charge on any atom is 0.434 e. The molecule has 0 atom stereocenters. The van der Waals surface area contributed by atoms with Gasteiger partial charge in [0.1, 0.15) is 11.2 Å². The number of nitrogens with zero attached hydrogens (tertiary/aromatic N) is 2. The van der Waals surface area contributed by atoms with Gasteiger partial charge < -0.3 is 15.2 Å². The Morgan fingerprint density at radius 2 is 1.66 bits per heavy atom. The van der Waals surface area contributed by atoms with Crippen molar-refractivity contribution in [2.75, 3.05) is 5.75 Å². The first-order valence-electron chi connectivity index (χ1n) is 9.36. The van der Waals surface area contributed by atoms with Crippen LogP contribution in [0.3, 0.4) is 0 Å². The lowest BCUT2D eigenvalue weighted by Gasteiger charge is -2.28. The van der Waals surface area contributed by atoms with Crippen LogP contribution in [-0.4, -0.2) is 39.3 Å². The minimum absolute atomic E-state index is 0.183. The fraction of sp³-hybridized carbons (Fsp3) is 0.550. The van der Waals surface area contributed by atoms with Crippen LogP contribution in [-0.2, 0) is 16.0 Å². The van der Waals surface area contributed by atoms with E-state index in [9.17, 15) is 9.59 Å². The van der Waals surface area contributed by atoms with Crippen molar-refractivity contribution in [2.24, 2.45) is 10.7 Å². The van der Waals surface area contributed by atoms with Crippen LogP contribution in [0, 0.1) is 0 Å². The van der Waals surface area contributed by atoms with Crippen molar-refractivity contribution in [3.8, 4) is 0 Å². The number of rotatable bonds is 5. The predicted octanol–water partition coefficient (Wildman–Crippen LogP) is 4.56. The molecule has 3 N–H and O–H groups in total. The summed E-state index contributed by atoms with van der Waals surface area (Å²) in [6.07, 6.45) is -1.69. The molecule has 1 rings (SSSR count). The summed E-state index contributed by atoms with van der Waals surface area (Å²) in [5.74, 6) is 0.831. The molecule has 162 valence electrons. The van der Waals surface area contributed by atoms with E-state index in [1.807, 2.05) is 31.2 Å². The van der Waals surface area contributed by atoms with Gasteiger partial charge in [0.05, 0.1) is 5.69 Å². The number of benzene rings is 1. The zero-order chi connectivity index (χ0) is 22.2. The third-order valence-corrected chi connectivity index (χ3v) is 3.71. The first kappa shape index (κ1) is 24.8. The summed E-state index contributed by atoms with van der Waals surface area (Å²) in [6, 6.07) is 7.31. The van der Waals surface area contributed by atoms with Crippen LogP contribution in [0.5, 0.6) is 0 Å². The van der Waals surface area contributed by atoms with E-state index in [4.69, 9.17) is 15.2 Å². The van der Waals surface area contributed by atoms with E-state index in [1.165, 1.54) is 11.8 Å². The number of ether oxygens (including phenoxy) is 2. The molecule has 0 spiro atoms. The van der Waals surface area contributed by atoms with Crippen LogP contribution in [0.15, 0.2) is 29.3 Å². The number of imide groups is 1. The smallest absolute Gasteiger partial charge is 0.434 e. The largest absolute Gasteiger partial charge is 0.442 e. The molecule has 0 saturated carbocycles. The lowest BCUT2D eigenvalue weighted by Crippen LogP contribution is -2.50. The number of nitrogens with two attached hydrogens (primary N) is 1. The van der Waals surface area contributed by atoms with E-state index in [0.717, 1.165) is 16.3 Å². The van der Waals surface area contributed by atoms with Crippen molar-refractivity contribution in [2.45, 2.75) is 66.2 Å². The normalized spacial score (nSPS) is 12.4. The molecule has 0 aliphatic heterocycles. The molecule has 0 radical (unpaired) electrons. The lowest BCUT2D eigenvalue weighted by molar-refractivity contribution is -0.0102. The van der Waals surface area contributed by atoms with E-state index in [1.54, 1.807) is 41.5 Å². The number of carbonyl (C=O) groups excluding carboxylic acids is 2. The molecule has 1 aromatic rings. The van der Waals surface area contributed by atoms with Gasteiger partial charge in [0.15, 0.2) is 5.17 Å². The molecule has 0 fully saturated rings. The Morgan fingerprint density at radius 1 is 1.10 bits per heavy atom. The zero-order valence-electron chi connectivity index (χ0n) is 18.2. The average Bonchev–Trinajstić information content (AvgIpc) is 2.52. The highest BCUT2D eigenvalue weighted by molar-refractivity contribution is 8.13. The number of amides is 2. The number of aliphatic imine (C=N–C) groups is 1. The van der Waals surface area contributed by atoms with Crippen LogP contribution >= 0.6 is 11.8 Å². The molecule has 0 unspecified atom stereocenters. The first-order valence-corrected chi connectivity index (χ1v) is 10.3. The quantitative estimate of drug-likeness (QED) is 0.405. The maximum absolute atomic E-state index is 12.5. The van der Waals surface area contributed by atoms with Crippen molar-refractivity contribution in [3.05, 3.63) is 29.8 Å². The summed E-state index contributed by atoms with van der Waals surface area (Å²) in [5.41, 5.74) is 8.60. The van der Waals surface area contributed by atoms with Gasteiger partial charge in [0, 0.05) is 6.54 Å². The Kier molecular flexibility index (Phi) is 8.97. The third kappa shape index (κ3) is 10.2. The Balaban J connectivity index is 2.95. The molecule has 1 aromatic carbocycles. The molecule has 0 bridgehead atoms. The zero-order valence-corrected chi connectivity index (χ0v) is 19.1. The molecule has 29 heavy (non-hydrogen) atoms.